The molecule has 108 valence electrons. The van der Waals surface area contributed by atoms with Gasteiger partial charge in [0.25, 0.3) is 0 Å². The van der Waals surface area contributed by atoms with Crippen molar-refractivity contribution in [3.8, 4) is 11.5 Å². The molecular formula is C14H21BrO4. The summed E-state index contributed by atoms with van der Waals surface area (Å²) >= 11 is 3.42. The van der Waals surface area contributed by atoms with E-state index in [1.807, 2.05) is 6.07 Å². The second kappa shape index (κ2) is 8.40. The number of aliphatic hydroxyl groups is 1. The highest BCUT2D eigenvalue weighted by molar-refractivity contribution is 9.10. The maximum absolute atomic E-state index is 9.13. The second-order valence-electron chi connectivity index (χ2n) is 4.58. The van der Waals surface area contributed by atoms with E-state index in [0.717, 1.165) is 16.6 Å². The molecule has 0 saturated heterocycles. The van der Waals surface area contributed by atoms with Crippen LogP contribution in [-0.2, 0) is 11.3 Å². The Bertz CT molecular complexity index is 393. The molecule has 0 aliphatic rings. The number of benzene rings is 1. The molecule has 0 bridgehead atoms. The van der Waals surface area contributed by atoms with E-state index in [0.29, 0.717) is 30.6 Å². The number of methoxy groups -OCH3 is 1. The highest BCUT2D eigenvalue weighted by Crippen LogP contribution is 2.36. The molecule has 0 unspecified atom stereocenters. The summed E-state index contributed by atoms with van der Waals surface area (Å²) in [7, 11) is 1.57. The van der Waals surface area contributed by atoms with E-state index in [-0.39, 0.29) is 6.61 Å². The number of hydrogen-bond donors (Lipinski definition) is 1. The van der Waals surface area contributed by atoms with Gasteiger partial charge in [0.1, 0.15) is 6.61 Å². The van der Waals surface area contributed by atoms with E-state index in [9.17, 15) is 0 Å². The lowest BCUT2D eigenvalue weighted by Crippen LogP contribution is -2.11. The fourth-order valence-electron chi connectivity index (χ4n) is 1.53. The van der Waals surface area contributed by atoms with Gasteiger partial charge in [0.2, 0.25) is 0 Å². The topological polar surface area (TPSA) is 47.9 Å². The molecule has 19 heavy (non-hydrogen) atoms. The lowest BCUT2D eigenvalue weighted by Gasteiger charge is -2.14. The van der Waals surface area contributed by atoms with Crippen molar-refractivity contribution in [2.24, 2.45) is 5.92 Å². The Morgan fingerprint density at radius 3 is 2.58 bits per heavy atom. The van der Waals surface area contributed by atoms with Gasteiger partial charge in [-0.25, -0.2) is 0 Å². The molecule has 0 amide bonds. The third-order valence-corrected chi connectivity index (χ3v) is 2.99. The molecule has 4 nitrogen and oxygen atoms in total. The zero-order chi connectivity index (χ0) is 14.3. The maximum atomic E-state index is 9.13. The standard InChI is InChI=1S/C14H21BrO4/c1-10(2)9-18-4-5-19-14-12(15)6-11(8-16)7-13(14)17-3/h6-7,10,16H,4-5,8-9H2,1-3H3. The first-order valence-electron chi connectivity index (χ1n) is 6.26. The van der Waals surface area contributed by atoms with E-state index in [1.165, 1.54) is 0 Å². The summed E-state index contributed by atoms with van der Waals surface area (Å²) in [5, 5.41) is 9.13. The Balaban J connectivity index is 2.57. The van der Waals surface area contributed by atoms with Gasteiger partial charge in [-0.05, 0) is 39.5 Å². The Kier molecular flexibility index (Phi) is 7.20. The van der Waals surface area contributed by atoms with Crippen molar-refractivity contribution >= 4 is 15.9 Å². The quantitative estimate of drug-likeness (QED) is 0.743. The zero-order valence-corrected chi connectivity index (χ0v) is 13.2. The summed E-state index contributed by atoms with van der Waals surface area (Å²) in [4.78, 5) is 0. The highest BCUT2D eigenvalue weighted by Gasteiger charge is 2.11. The molecule has 0 aromatic heterocycles. The summed E-state index contributed by atoms with van der Waals surface area (Å²) in [6.07, 6.45) is 0. The van der Waals surface area contributed by atoms with Crippen molar-refractivity contribution in [3.05, 3.63) is 22.2 Å². The van der Waals surface area contributed by atoms with Crippen LogP contribution >= 0.6 is 15.9 Å². The minimum atomic E-state index is -0.0350. The van der Waals surface area contributed by atoms with E-state index in [1.54, 1.807) is 13.2 Å². The molecule has 0 heterocycles. The van der Waals surface area contributed by atoms with Gasteiger partial charge in [-0.1, -0.05) is 13.8 Å². The smallest absolute Gasteiger partial charge is 0.175 e. The molecule has 0 saturated carbocycles. The summed E-state index contributed by atoms with van der Waals surface area (Å²) in [5.41, 5.74) is 0.770. The first-order chi connectivity index (χ1) is 9.08. The van der Waals surface area contributed by atoms with Crippen molar-refractivity contribution in [3.63, 3.8) is 0 Å². The molecular weight excluding hydrogens is 312 g/mol. The van der Waals surface area contributed by atoms with Crippen molar-refractivity contribution in [2.45, 2.75) is 20.5 Å². The van der Waals surface area contributed by atoms with E-state index in [2.05, 4.69) is 29.8 Å². The monoisotopic (exact) mass is 332 g/mol. The van der Waals surface area contributed by atoms with Crippen LogP contribution in [0.15, 0.2) is 16.6 Å². The van der Waals surface area contributed by atoms with E-state index >= 15 is 0 Å². The SMILES string of the molecule is COc1cc(CO)cc(Br)c1OCCOCC(C)C. The Morgan fingerprint density at radius 1 is 1.26 bits per heavy atom. The minimum Gasteiger partial charge on any atom is -0.493 e. The first kappa shape index (κ1) is 16.3. The summed E-state index contributed by atoms with van der Waals surface area (Å²) < 4.78 is 17.1. The molecule has 0 aliphatic carbocycles. The second-order valence-corrected chi connectivity index (χ2v) is 5.44. The van der Waals surface area contributed by atoms with Crippen molar-refractivity contribution < 1.29 is 19.3 Å². The van der Waals surface area contributed by atoms with Gasteiger partial charge in [0, 0.05) is 6.61 Å². The average molecular weight is 333 g/mol. The predicted octanol–water partition coefficient (Wildman–Crippen LogP) is 3.00. The number of halogens is 1. The van der Waals surface area contributed by atoms with Crippen LogP contribution in [0.1, 0.15) is 19.4 Å². The largest absolute Gasteiger partial charge is 0.493 e. The predicted molar refractivity (Wildman–Crippen MR) is 77.8 cm³/mol. The molecule has 5 heteroatoms. The van der Waals surface area contributed by atoms with Crippen LogP contribution in [0.4, 0.5) is 0 Å². The molecule has 1 N–H and O–H groups in total. The van der Waals surface area contributed by atoms with Gasteiger partial charge in [0.05, 0.1) is 24.8 Å². The Hall–Kier alpha value is -0.780. The summed E-state index contributed by atoms with van der Waals surface area (Å²) in [5.74, 6) is 1.75. The van der Waals surface area contributed by atoms with Crippen LogP contribution in [0.2, 0.25) is 0 Å². The third-order valence-electron chi connectivity index (χ3n) is 2.40. The number of aliphatic hydroxyl groups excluding tert-OH is 1. The van der Waals surface area contributed by atoms with Crippen LogP contribution in [-0.4, -0.2) is 32.0 Å². The molecule has 0 atom stereocenters. The van der Waals surface area contributed by atoms with E-state index in [4.69, 9.17) is 19.3 Å². The summed E-state index contributed by atoms with van der Waals surface area (Å²) in [6.45, 7) is 5.90. The summed E-state index contributed by atoms with van der Waals surface area (Å²) in [6, 6.07) is 3.57. The van der Waals surface area contributed by atoms with Crippen LogP contribution in [0.3, 0.4) is 0 Å². The molecule has 1 rings (SSSR count). The van der Waals surface area contributed by atoms with Crippen LogP contribution in [0.5, 0.6) is 11.5 Å². The molecule has 1 aromatic carbocycles. The van der Waals surface area contributed by atoms with Gasteiger partial charge in [-0.15, -0.1) is 0 Å². The van der Waals surface area contributed by atoms with Crippen molar-refractivity contribution in [1.82, 2.24) is 0 Å². The van der Waals surface area contributed by atoms with Gasteiger partial charge in [-0.2, -0.15) is 0 Å². The van der Waals surface area contributed by atoms with Crippen LogP contribution in [0, 0.1) is 5.92 Å². The van der Waals surface area contributed by atoms with Gasteiger partial charge >= 0.3 is 0 Å². The third kappa shape index (κ3) is 5.38. The fraction of sp³-hybridized carbons (Fsp3) is 0.571. The van der Waals surface area contributed by atoms with Crippen molar-refractivity contribution in [1.29, 1.82) is 0 Å². The normalized spacial score (nSPS) is 10.8. The number of ether oxygens (including phenoxy) is 3. The molecule has 0 spiro atoms. The van der Waals surface area contributed by atoms with Crippen molar-refractivity contribution in [2.75, 3.05) is 26.9 Å². The minimum absolute atomic E-state index is 0.0350. The molecule has 0 aliphatic heterocycles. The zero-order valence-electron chi connectivity index (χ0n) is 11.6. The van der Waals surface area contributed by atoms with Gasteiger partial charge in [-0.3, -0.25) is 0 Å². The van der Waals surface area contributed by atoms with Gasteiger partial charge in [0.15, 0.2) is 11.5 Å². The van der Waals surface area contributed by atoms with E-state index < -0.39 is 0 Å². The van der Waals surface area contributed by atoms with Crippen LogP contribution < -0.4 is 9.47 Å². The first-order valence-corrected chi connectivity index (χ1v) is 7.05. The molecule has 1 aromatic rings. The van der Waals surface area contributed by atoms with Gasteiger partial charge < -0.3 is 19.3 Å². The number of hydrogen-bond acceptors (Lipinski definition) is 4. The fourth-order valence-corrected chi connectivity index (χ4v) is 2.13. The lowest BCUT2D eigenvalue weighted by atomic mass is 10.2. The Labute approximate surface area is 122 Å². The molecule has 0 radical (unpaired) electrons. The molecule has 0 fully saturated rings. The Morgan fingerprint density at radius 2 is 2.00 bits per heavy atom. The maximum Gasteiger partial charge on any atom is 0.175 e. The lowest BCUT2D eigenvalue weighted by molar-refractivity contribution is 0.0808. The average Bonchev–Trinajstić information content (AvgIpc) is 2.38. The van der Waals surface area contributed by atoms with Crippen LogP contribution in [0.25, 0.3) is 0 Å². The number of rotatable bonds is 8. The highest BCUT2D eigenvalue weighted by atomic mass is 79.9.